The molecule has 196 valence electrons. The SMILES string of the molecule is Cc1cccc(NS(=O)(=O)c2cc(C(=O)Nc3ccc(S(=O)(=O)Nc4ccccc4)cc3)ccc2Cl)c1C. The summed E-state index contributed by atoms with van der Waals surface area (Å²) in [7, 11) is -7.92. The van der Waals surface area contributed by atoms with Crippen molar-refractivity contribution in [3.05, 3.63) is 113 Å². The summed E-state index contributed by atoms with van der Waals surface area (Å²) in [6.45, 7) is 3.67. The lowest BCUT2D eigenvalue weighted by atomic mass is 10.1. The minimum Gasteiger partial charge on any atom is -0.322 e. The van der Waals surface area contributed by atoms with Gasteiger partial charge in [-0.05, 0) is 85.6 Å². The van der Waals surface area contributed by atoms with Gasteiger partial charge in [-0.3, -0.25) is 14.2 Å². The molecule has 0 heterocycles. The van der Waals surface area contributed by atoms with Crippen molar-refractivity contribution in [2.75, 3.05) is 14.8 Å². The van der Waals surface area contributed by atoms with Gasteiger partial charge < -0.3 is 5.32 Å². The number of para-hydroxylation sites is 1. The number of sulfonamides is 2. The number of carbonyl (C=O) groups excluding carboxylic acids is 1. The van der Waals surface area contributed by atoms with E-state index in [1.807, 2.05) is 13.0 Å². The van der Waals surface area contributed by atoms with Crippen LogP contribution in [0.15, 0.2) is 101 Å². The van der Waals surface area contributed by atoms with Crippen LogP contribution in [0.1, 0.15) is 21.5 Å². The number of aryl methyl sites for hydroxylation is 1. The molecule has 0 aliphatic heterocycles. The van der Waals surface area contributed by atoms with E-state index in [1.165, 1.54) is 42.5 Å². The van der Waals surface area contributed by atoms with Gasteiger partial charge in [0.25, 0.3) is 26.0 Å². The zero-order valence-electron chi connectivity index (χ0n) is 20.4. The number of hydrogen-bond acceptors (Lipinski definition) is 5. The molecular weight excluding hydrogens is 546 g/mol. The standard InChI is InChI=1S/C27H24ClN3O5S2/c1-18-7-6-10-25(19(18)2)31-38(35,36)26-17-20(11-16-24(26)28)27(32)29-21-12-14-23(15-13-21)37(33,34)30-22-8-4-3-5-9-22/h3-17,30-31H,1-2H3,(H,29,32). The van der Waals surface area contributed by atoms with Gasteiger partial charge in [0.2, 0.25) is 0 Å². The van der Waals surface area contributed by atoms with E-state index in [1.54, 1.807) is 49.4 Å². The van der Waals surface area contributed by atoms with E-state index in [-0.39, 0.29) is 20.4 Å². The number of amides is 1. The number of benzene rings is 4. The van der Waals surface area contributed by atoms with Crippen molar-refractivity contribution >= 4 is 54.6 Å². The number of anilines is 3. The fraction of sp³-hybridized carbons (Fsp3) is 0.0741. The van der Waals surface area contributed by atoms with Crippen LogP contribution < -0.4 is 14.8 Å². The first kappa shape index (κ1) is 27.2. The fourth-order valence-electron chi connectivity index (χ4n) is 3.55. The van der Waals surface area contributed by atoms with E-state index in [4.69, 9.17) is 11.6 Å². The quantitative estimate of drug-likeness (QED) is 0.247. The first-order valence-electron chi connectivity index (χ1n) is 11.3. The van der Waals surface area contributed by atoms with Gasteiger partial charge in [0, 0.05) is 16.9 Å². The topological polar surface area (TPSA) is 121 Å². The molecule has 0 saturated carbocycles. The van der Waals surface area contributed by atoms with Crippen LogP contribution in [-0.2, 0) is 20.0 Å². The van der Waals surface area contributed by atoms with Crippen LogP contribution in [0.25, 0.3) is 0 Å². The van der Waals surface area contributed by atoms with Crippen LogP contribution in [0.3, 0.4) is 0 Å². The molecule has 1 amide bonds. The smallest absolute Gasteiger partial charge is 0.263 e. The van der Waals surface area contributed by atoms with Gasteiger partial charge in [-0.1, -0.05) is 41.9 Å². The maximum Gasteiger partial charge on any atom is 0.263 e. The maximum absolute atomic E-state index is 13.1. The summed E-state index contributed by atoms with van der Waals surface area (Å²) < 4.78 is 56.4. The minimum atomic E-state index is -4.10. The second-order valence-corrected chi connectivity index (χ2v) is 12.2. The number of halogens is 1. The van der Waals surface area contributed by atoms with Crippen LogP contribution in [0, 0.1) is 13.8 Å². The summed E-state index contributed by atoms with van der Waals surface area (Å²) in [6, 6.07) is 23.2. The molecule has 0 radical (unpaired) electrons. The van der Waals surface area contributed by atoms with Crippen LogP contribution in [-0.4, -0.2) is 22.7 Å². The summed E-state index contributed by atoms with van der Waals surface area (Å²) in [5, 5.41) is 2.60. The zero-order chi connectivity index (χ0) is 27.5. The monoisotopic (exact) mass is 569 g/mol. The Bertz CT molecular complexity index is 1710. The highest BCUT2D eigenvalue weighted by Gasteiger charge is 2.22. The molecule has 3 N–H and O–H groups in total. The lowest BCUT2D eigenvalue weighted by Crippen LogP contribution is -2.17. The van der Waals surface area contributed by atoms with Crippen LogP contribution in [0.5, 0.6) is 0 Å². The highest BCUT2D eigenvalue weighted by Crippen LogP contribution is 2.28. The Morgan fingerprint density at radius 3 is 2.08 bits per heavy atom. The molecule has 0 saturated heterocycles. The number of rotatable bonds is 8. The molecule has 0 spiro atoms. The Morgan fingerprint density at radius 1 is 0.711 bits per heavy atom. The number of hydrogen-bond donors (Lipinski definition) is 3. The molecule has 0 bridgehead atoms. The fourth-order valence-corrected chi connectivity index (χ4v) is 6.26. The van der Waals surface area contributed by atoms with E-state index in [2.05, 4.69) is 14.8 Å². The molecule has 0 unspecified atom stereocenters. The summed E-state index contributed by atoms with van der Waals surface area (Å²) >= 11 is 6.19. The van der Waals surface area contributed by atoms with Gasteiger partial charge in [0.05, 0.1) is 15.6 Å². The first-order valence-corrected chi connectivity index (χ1v) is 14.7. The Labute approximate surface area is 226 Å². The van der Waals surface area contributed by atoms with E-state index in [0.29, 0.717) is 17.1 Å². The summed E-state index contributed by atoms with van der Waals surface area (Å²) in [6.07, 6.45) is 0. The van der Waals surface area contributed by atoms with Crippen molar-refractivity contribution in [2.24, 2.45) is 0 Å². The Morgan fingerprint density at radius 2 is 1.39 bits per heavy atom. The Hall–Kier alpha value is -3.86. The maximum atomic E-state index is 13.1. The molecule has 0 aliphatic carbocycles. The molecule has 4 aromatic carbocycles. The molecule has 0 fully saturated rings. The molecule has 4 aromatic rings. The van der Waals surface area contributed by atoms with Gasteiger partial charge in [-0.15, -0.1) is 0 Å². The van der Waals surface area contributed by atoms with Crippen molar-refractivity contribution in [1.82, 2.24) is 0 Å². The summed E-state index contributed by atoms with van der Waals surface area (Å²) in [4.78, 5) is 12.6. The number of nitrogens with one attached hydrogen (secondary N) is 3. The highest BCUT2D eigenvalue weighted by atomic mass is 35.5. The van der Waals surface area contributed by atoms with Crippen molar-refractivity contribution < 1.29 is 21.6 Å². The largest absolute Gasteiger partial charge is 0.322 e. The molecule has 0 aromatic heterocycles. The lowest BCUT2D eigenvalue weighted by molar-refractivity contribution is 0.102. The Kier molecular flexibility index (Phi) is 7.77. The molecule has 38 heavy (non-hydrogen) atoms. The second kappa shape index (κ2) is 10.9. The van der Waals surface area contributed by atoms with Crippen LogP contribution in [0.2, 0.25) is 5.02 Å². The molecule has 8 nitrogen and oxygen atoms in total. The predicted octanol–water partition coefficient (Wildman–Crippen LogP) is 5.81. The third-order valence-electron chi connectivity index (χ3n) is 5.78. The van der Waals surface area contributed by atoms with Crippen LogP contribution >= 0.6 is 11.6 Å². The molecule has 0 aliphatic rings. The highest BCUT2D eigenvalue weighted by molar-refractivity contribution is 7.93. The average molecular weight is 570 g/mol. The Balaban J connectivity index is 1.51. The van der Waals surface area contributed by atoms with Crippen molar-refractivity contribution in [3.8, 4) is 0 Å². The van der Waals surface area contributed by atoms with E-state index >= 15 is 0 Å². The van der Waals surface area contributed by atoms with Crippen molar-refractivity contribution in [3.63, 3.8) is 0 Å². The average Bonchev–Trinajstić information content (AvgIpc) is 2.87. The van der Waals surface area contributed by atoms with E-state index < -0.39 is 26.0 Å². The van der Waals surface area contributed by atoms with E-state index in [9.17, 15) is 21.6 Å². The molecule has 4 rings (SSSR count). The van der Waals surface area contributed by atoms with Gasteiger partial charge in [-0.2, -0.15) is 0 Å². The minimum absolute atomic E-state index is 0.0109. The first-order chi connectivity index (χ1) is 18.0. The molecule has 0 atom stereocenters. The summed E-state index contributed by atoms with van der Waals surface area (Å²) in [5.74, 6) is -0.595. The molecular formula is C27H24ClN3O5S2. The summed E-state index contributed by atoms with van der Waals surface area (Å²) in [5.41, 5.74) is 2.89. The lowest BCUT2D eigenvalue weighted by Gasteiger charge is -2.14. The number of carbonyl (C=O) groups is 1. The van der Waals surface area contributed by atoms with Gasteiger partial charge in [0.1, 0.15) is 4.90 Å². The van der Waals surface area contributed by atoms with Gasteiger partial charge >= 0.3 is 0 Å². The third kappa shape index (κ3) is 6.16. The van der Waals surface area contributed by atoms with Crippen LogP contribution in [0.4, 0.5) is 17.1 Å². The third-order valence-corrected chi connectivity index (χ3v) is 9.02. The van der Waals surface area contributed by atoms with E-state index in [0.717, 1.165) is 11.1 Å². The second-order valence-electron chi connectivity index (χ2n) is 8.45. The normalized spacial score (nSPS) is 11.6. The molecule has 11 heteroatoms. The van der Waals surface area contributed by atoms with Crippen molar-refractivity contribution in [1.29, 1.82) is 0 Å². The predicted molar refractivity (Wildman–Crippen MR) is 150 cm³/mol. The van der Waals surface area contributed by atoms with Gasteiger partial charge in [-0.25, -0.2) is 16.8 Å². The van der Waals surface area contributed by atoms with Gasteiger partial charge in [0.15, 0.2) is 0 Å². The van der Waals surface area contributed by atoms with Crippen molar-refractivity contribution in [2.45, 2.75) is 23.6 Å². The zero-order valence-corrected chi connectivity index (χ0v) is 22.8.